The molecule has 2 atom stereocenters. The van der Waals surface area contributed by atoms with Crippen LogP contribution in [-0.4, -0.2) is 29.8 Å². The largest absolute Gasteiger partial charge is 0.616 e. The Kier molecular flexibility index (Phi) is 9.08. The van der Waals surface area contributed by atoms with Gasteiger partial charge in [0, 0.05) is 34.3 Å². The summed E-state index contributed by atoms with van der Waals surface area (Å²) in [7, 11) is 1.55. The molecule has 44 heavy (non-hydrogen) atoms. The van der Waals surface area contributed by atoms with Crippen molar-refractivity contribution in [1.82, 2.24) is 5.32 Å². The Labute approximate surface area is 261 Å². The van der Waals surface area contributed by atoms with E-state index in [-0.39, 0.29) is 5.41 Å². The lowest BCUT2D eigenvalue weighted by Crippen LogP contribution is -2.53. The number of para-hydroxylation sites is 1. The van der Waals surface area contributed by atoms with Crippen molar-refractivity contribution in [3.05, 3.63) is 114 Å². The van der Waals surface area contributed by atoms with Crippen LogP contribution >= 0.6 is 0 Å². The lowest BCUT2D eigenvalue weighted by Gasteiger charge is -2.35. The van der Waals surface area contributed by atoms with Crippen LogP contribution in [0.5, 0.6) is 11.5 Å². The number of carbonyl (C=O) groups is 1. The molecule has 4 N–H and O–H groups in total. The minimum atomic E-state index is -1.09. The molecule has 2 amide bonds. The molecule has 0 radical (unpaired) electrons. The SMILES string of the molecule is COc1c(C[S+](C)[O-])cc(C(C)(C)C)cc1NC(=O)Nc1ccc(OC2(Nc3ccccc3)C=CC=CN2)c2ccccc12. The van der Waals surface area contributed by atoms with Crippen LogP contribution in [0.3, 0.4) is 0 Å². The first-order valence-electron chi connectivity index (χ1n) is 14.3. The predicted octanol–water partition coefficient (Wildman–Crippen LogP) is 7.49. The number of carbonyl (C=O) groups excluding carboxylic acids is 1. The number of allylic oxidation sites excluding steroid dienone is 2. The molecule has 4 aromatic carbocycles. The minimum Gasteiger partial charge on any atom is -0.616 e. The van der Waals surface area contributed by atoms with Gasteiger partial charge in [0.25, 0.3) is 5.85 Å². The second kappa shape index (κ2) is 13.0. The zero-order valence-electron chi connectivity index (χ0n) is 25.6. The molecule has 0 bridgehead atoms. The van der Waals surface area contributed by atoms with Gasteiger partial charge in [0.15, 0.2) is 0 Å². The lowest BCUT2D eigenvalue weighted by molar-refractivity contribution is 0.128. The highest BCUT2D eigenvalue weighted by atomic mass is 32.2. The molecule has 4 aromatic rings. The molecule has 9 heteroatoms. The van der Waals surface area contributed by atoms with Gasteiger partial charge in [0.1, 0.15) is 17.3 Å². The Morgan fingerprint density at radius 1 is 0.932 bits per heavy atom. The van der Waals surface area contributed by atoms with E-state index in [2.05, 4.69) is 42.0 Å². The third-order valence-electron chi connectivity index (χ3n) is 7.19. The Bertz CT molecular complexity index is 1700. The fraction of sp³-hybridized carbons (Fsp3) is 0.229. The summed E-state index contributed by atoms with van der Waals surface area (Å²) in [5.74, 6) is 0.407. The topological polar surface area (TPSA) is 107 Å². The van der Waals surface area contributed by atoms with Crippen molar-refractivity contribution in [3.8, 4) is 11.5 Å². The summed E-state index contributed by atoms with van der Waals surface area (Å²) in [6.45, 7) is 6.28. The molecule has 0 fully saturated rings. The molecule has 228 valence electrons. The van der Waals surface area contributed by atoms with Crippen molar-refractivity contribution in [2.75, 3.05) is 29.3 Å². The molecule has 5 rings (SSSR count). The van der Waals surface area contributed by atoms with E-state index in [1.54, 1.807) is 13.4 Å². The smallest absolute Gasteiger partial charge is 0.323 e. The van der Waals surface area contributed by atoms with E-state index in [0.717, 1.165) is 27.6 Å². The van der Waals surface area contributed by atoms with Gasteiger partial charge in [-0.2, -0.15) is 0 Å². The quantitative estimate of drug-likeness (QED) is 0.116. The summed E-state index contributed by atoms with van der Waals surface area (Å²) >= 11 is -1.09. The maximum absolute atomic E-state index is 13.4. The Hall–Kier alpha value is -4.60. The number of rotatable bonds is 9. The van der Waals surface area contributed by atoms with Gasteiger partial charge in [-0.15, -0.1) is 0 Å². The Balaban J connectivity index is 1.44. The van der Waals surface area contributed by atoms with E-state index < -0.39 is 23.1 Å². The van der Waals surface area contributed by atoms with E-state index in [9.17, 15) is 9.35 Å². The number of urea groups is 1. The summed E-state index contributed by atoms with van der Waals surface area (Å²) in [4.78, 5) is 13.4. The Morgan fingerprint density at radius 3 is 2.30 bits per heavy atom. The minimum absolute atomic E-state index is 0.194. The van der Waals surface area contributed by atoms with Crippen LogP contribution < -0.4 is 30.7 Å². The summed E-state index contributed by atoms with van der Waals surface area (Å²) < 4.78 is 24.4. The summed E-state index contributed by atoms with van der Waals surface area (Å²) in [6.07, 6.45) is 9.20. The number of hydrogen-bond acceptors (Lipinski definition) is 6. The molecule has 0 aromatic heterocycles. The first kappa shape index (κ1) is 30.8. The van der Waals surface area contributed by atoms with Crippen LogP contribution in [0.25, 0.3) is 10.8 Å². The van der Waals surface area contributed by atoms with Crippen molar-refractivity contribution in [2.45, 2.75) is 37.8 Å². The van der Waals surface area contributed by atoms with E-state index >= 15 is 0 Å². The lowest BCUT2D eigenvalue weighted by atomic mass is 9.85. The second-order valence-electron chi connectivity index (χ2n) is 11.6. The average Bonchev–Trinajstić information content (AvgIpc) is 2.98. The highest BCUT2D eigenvalue weighted by molar-refractivity contribution is 7.89. The summed E-state index contributed by atoms with van der Waals surface area (Å²) in [5.41, 5.74) is 3.60. The van der Waals surface area contributed by atoms with E-state index in [1.165, 1.54) is 0 Å². The van der Waals surface area contributed by atoms with Gasteiger partial charge in [-0.05, 0) is 53.5 Å². The molecule has 1 heterocycles. The highest BCUT2D eigenvalue weighted by Gasteiger charge is 2.30. The Morgan fingerprint density at radius 2 is 1.64 bits per heavy atom. The normalized spacial score (nSPS) is 16.6. The summed E-state index contributed by atoms with van der Waals surface area (Å²) in [5, 5.41) is 14.4. The van der Waals surface area contributed by atoms with Crippen LogP contribution in [0, 0.1) is 0 Å². The number of fused-ring (bicyclic) bond motifs is 1. The number of amides is 2. The van der Waals surface area contributed by atoms with Crippen molar-refractivity contribution < 1.29 is 18.8 Å². The zero-order chi connectivity index (χ0) is 31.3. The predicted molar refractivity (Wildman–Crippen MR) is 181 cm³/mol. The third kappa shape index (κ3) is 7.12. The van der Waals surface area contributed by atoms with Crippen LogP contribution in [-0.2, 0) is 22.3 Å². The van der Waals surface area contributed by atoms with E-state index in [1.807, 2.05) is 103 Å². The molecular formula is C35H38N4O4S. The monoisotopic (exact) mass is 610 g/mol. The highest BCUT2D eigenvalue weighted by Crippen LogP contribution is 2.37. The van der Waals surface area contributed by atoms with Crippen LogP contribution in [0.4, 0.5) is 21.9 Å². The number of benzene rings is 4. The molecular weight excluding hydrogens is 572 g/mol. The molecule has 1 aliphatic heterocycles. The fourth-order valence-corrected chi connectivity index (χ4v) is 5.72. The molecule has 2 unspecified atom stereocenters. The summed E-state index contributed by atoms with van der Waals surface area (Å²) in [6, 6.07) is 24.7. The van der Waals surface area contributed by atoms with Crippen LogP contribution in [0.1, 0.15) is 31.9 Å². The molecule has 0 saturated heterocycles. The van der Waals surface area contributed by atoms with Gasteiger partial charge in [0.05, 0.1) is 24.7 Å². The first-order valence-corrected chi connectivity index (χ1v) is 16.0. The molecule has 0 aliphatic carbocycles. The maximum Gasteiger partial charge on any atom is 0.323 e. The van der Waals surface area contributed by atoms with Crippen molar-refractivity contribution in [1.29, 1.82) is 0 Å². The van der Waals surface area contributed by atoms with Crippen molar-refractivity contribution in [2.24, 2.45) is 0 Å². The zero-order valence-corrected chi connectivity index (χ0v) is 26.4. The van der Waals surface area contributed by atoms with Crippen molar-refractivity contribution in [3.63, 3.8) is 0 Å². The van der Waals surface area contributed by atoms with Gasteiger partial charge in [-0.3, -0.25) is 0 Å². The molecule has 0 spiro atoms. The van der Waals surface area contributed by atoms with Gasteiger partial charge in [0.2, 0.25) is 0 Å². The average molecular weight is 611 g/mol. The molecule has 1 aliphatic rings. The van der Waals surface area contributed by atoms with Gasteiger partial charge < -0.3 is 35.3 Å². The third-order valence-corrected chi connectivity index (χ3v) is 7.90. The van der Waals surface area contributed by atoms with Gasteiger partial charge in [-0.25, -0.2) is 4.79 Å². The second-order valence-corrected chi connectivity index (χ2v) is 13.0. The number of hydrogen-bond donors (Lipinski definition) is 4. The maximum atomic E-state index is 13.4. The van der Waals surface area contributed by atoms with Gasteiger partial charge >= 0.3 is 6.03 Å². The number of methoxy groups -OCH3 is 1. The van der Waals surface area contributed by atoms with Crippen molar-refractivity contribution >= 4 is 45.0 Å². The van der Waals surface area contributed by atoms with E-state index in [0.29, 0.717) is 28.6 Å². The molecule has 0 saturated carbocycles. The number of ether oxygens (including phenoxy) is 2. The molecule has 8 nitrogen and oxygen atoms in total. The number of nitrogens with one attached hydrogen (secondary N) is 4. The first-order chi connectivity index (χ1) is 21.1. The van der Waals surface area contributed by atoms with Crippen LogP contribution in [0.2, 0.25) is 0 Å². The van der Waals surface area contributed by atoms with E-state index in [4.69, 9.17) is 9.47 Å². The van der Waals surface area contributed by atoms with Crippen LogP contribution in [0.15, 0.2) is 103 Å². The fourth-order valence-electron chi connectivity index (χ4n) is 5.07. The standard InChI is InChI=1S/C35H38N4O4S/c1-34(2,3)25-21-24(23-44(5)41)32(42-4)30(22-25)38-33(40)37-29-17-18-31(28-16-10-9-15-27(28)29)43-35(19-11-12-20-36-35)39-26-13-7-6-8-14-26/h6-22,36,39H,23H2,1-5H3,(H2,37,38,40). The number of dihydropyridines is 1. The number of anilines is 3. The van der Waals surface area contributed by atoms with Gasteiger partial charge in [-0.1, -0.05) is 80.5 Å².